The first kappa shape index (κ1) is 23.5. The number of nitrogens with one attached hydrogen (secondary N) is 1. The minimum Gasteiger partial charge on any atom is -0.370 e. The topological polar surface area (TPSA) is 64.1 Å². The molecule has 32 heavy (non-hydrogen) atoms. The number of amides is 1. The Labute approximate surface area is 202 Å². The van der Waals surface area contributed by atoms with Gasteiger partial charge in [0.2, 0.25) is 5.91 Å². The number of hydrogen-bond acceptors (Lipinski definition) is 7. The van der Waals surface area contributed by atoms with Crippen molar-refractivity contribution in [3.8, 4) is 0 Å². The average Bonchev–Trinajstić information content (AvgIpc) is 3.13. The molecule has 170 valence electrons. The minimum atomic E-state index is -0.202. The normalized spacial score (nSPS) is 16.0. The van der Waals surface area contributed by atoms with Crippen LogP contribution in [0.25, 0.3) is 10.2 Å². The summed E-state index contributed by atoms with van der Waals surface area (Å²) in [7, 11) is 0. The van der Waals surface area contributed by atoms with Gasteiger partial charge in [0.25, 0.3) is 0 Å². The number of rotatable bonds is 8. The van der Waals surface area contributed by atoms with Crippen LogP contribution in [0, 0.1) is 0 Å². The number of fused-ring (bicyclic) bond motifs is 3. The van der Waals surface area contributed by atoms with Gasteiger partial charge in [-0.15, -0.1) is 11.3 Å². The van der Waals surface area contributed by atoms with E-state index in [0.717, 1.165) is 39.7 Å². The van der Waals surface area contributed by atoms with E-state index in [0.29, 0.717) is 12.4 Å². The number of thioether (sulfide) groups is 2. The lowest BCUT2D eigenvalue weighted by molar-refractivity contribution is -0.119. The van der Waals surface area contributed by atoms with Crippen LogP contribution in [0.2, 0.25) is 0 Å². The van der Waals surface area contributed by atoms with E-state index in [1.165, 1.54) is 39.5 Å². The van der Waals surface area contributed by atoms with Crippen molar-refractivity contribution in [1.82, 2.24) is 15.3 Å². The first-order valence-electron chi connectivity index (χ1n) is 10.8. The number of nitrogens with zero attached hydrogens (tertiary/aromatic N) is 2. The van der Waals surface area contributed by atoms with E-state index in [1.54, 1.807) is 11.3 Å². The van der Waals surface area contributed by atoms with Gasteiger partial charge in [0.05, 0.1) is 18.0 Å². The predicted molar refractivity (Wildman–Crippen MR) is 135 cm³/mol. The average molecular weight is 488 g/mol. The van der Waals surface area contributed by atoms with Gasteiger partial charge in [-0.1, -0.05) is 53.9 Å². The highest BCUT2D eigenvalue weighted by molar-refractivity contribution is 8.00. The van der Waals surface area contributed by atoms with E-state index >= 15 is 0 Å². The van der Waals surface area contributed by atoms with Gasteiger partial charge in [-0.3, -0.25) is 4.79 Å². The summed E-state index contributed by atoms with van der Waals surface area (Å²) in [6.45, 7) is 6.92. The second-order valence-electron chi connectivity index (χ2n) is 8.71. The Hall–Kier alpha value is -1.61. The Balaban J connectivity index is 1.44. The predicted octanol–water partition coefficient (Wildman–Crippen LogP) is 5.49. The second kappa shape index (κ2) is 10.1. The van der Waals surface area contributed by atoms with E-state index in [2.05, 4.69) is 50.4 Å². The number of thiophene rings is 1. The molecule has 0 saturated heterocycles. The van der Waals surface area contributed by atoms with Crippen LogP contribution in [0.3, 0.4) is 0 Å². The molecule has 0 bridgehead atoms. The standard InChI is InChI=1S/C24H29N3O2S3/c1-15(10-11-16-8-6-5-7-9-16)25-19(28)14-31-21-20-17-12-24(2,3)29-13-18(17)32-22(20)27-23(26-21)30-4/h5-9,15H,10-14H2,1-4H3,(H,25,28)/t15-/m1/s1. The van der Waals surface area contributed by atoms with Gasteiger partial charge in [0.1, 0.15) is 9.86 Å². The molecule has 2 aromatic heterocycles. The fraction of sp³-hybridized carbons (Fsp3) is 0.458. The van der Waals surface area contributed by atoms with Crippen molar-refractivity contribution in [1.29, 1.82) is 0 Å². The fourth-order valence-electron chi connectivity index (χ4n) is 3.84. The third-order valence-electron chi connectivity index (χ3n) is 5.52. The number of benzene rings is 1. The summed E-state index contributed by atoms with van der Waals surface area (Å²) in [4.78, 5) is 24.4. The molecular weight excluding hydrogens is 458 g/mol. The summed E-state index contributed by atoms with van der Waals surface area (Å²) in [6, 6.07) is 10.5. The molecule has 1 aliphatic rings. The van der Waals surface area contributed by atoms with E-state index in [4.69, 9.17) is 14.7 Å². The first-order chi connectivity index (χ1) is 15.3. The van der Waals surface area contributed by atoms with Crippen LogP contribution in [-0.4, -0.2) is 39.5 Å². The van der Waals surface area contributed by atoms with Crippen molar-refractivity contribution in [3.05, 3.63) is 46.3 Å². The molecule has 0 saturated carbocycles. The van der Waals surface area contributed by atoms with Crippen LogP contribution in [-0.2, 0) is 29.0 Å². The third-order valence-corrected chi connectivity index (χ3v) is 8.14. The zero-order chi connectivity index (χ0) is 22.7. The summed E-state index contributed by atoms with van der Waals surface area (Å²) in [5, 5.41) is 5.90. The minimum absolute atomic E-state index is 0.0424. The smallest absolute Gasteiger partial charge is 0.230 e. The molecule has 1 aromatic carbocycles. The van der Waals surface area contributed by atoms with Crippen molar-refractivity contribution >= 4 is 51.0 Å². The zero-order valence-electron chi connectivity index (χ0n) is 18.9. The highest BCUT2D eigenvalue weighted by atomic mass is 32.2. The molecule has 1 atom stereocenters. The van der Waals surface area contributed by atoms with Crippen LogP contribution in [0.15, 0.2) is 40.5 Å². The molecule has 1 aliphatic heterocycles. The van der Waals surface area contributed by atoms with Gasteiger partial charge in [0, 0.05) is 22.7 Å². The van der Waals surface area contributed by atoms with Crippen molar-refractivity contribution in [3.63, 3.8) is 0 Å². The molecular formula is C24H29N3O2S3. The maximum atomic E-state index is 12.7. The van der Waals surface area contributed by atoms with E-state index in [-0.39, 0.29) is 17.6 Å². The number of carbonyl (C=O) groups is 1. The lowest BCUT2D eigenvalue weighted by Gasteiger charge is -2.30. The summed E-state index contributed by atoms with van der Waals surface area (Å²) >= 11 is 4.73. The van der Waals surface area contributed by atoms with E-state index in [9.17, 15) is 4.79 Å². The molecule has 0 aliphatic carbocycles. The second-order valence-corrected chi connectivity index (χ2v) is 11.5. The van der Waals surface area contributed by atoms with Gasteiger partial charge in [-0.2, -0.15) is 0 Å². The molecule has 3 heterocycles. The number of aromatic nitrogens is 2. The lowest BCUT2D eigenvalue weighted by atomic mass is 9.95. The van der Waals surface area contributed by atoms with Gasteiger partial charge in [0.15, 0.2) is 5.16 Å². The Kier molecular flexibility index (Phi) is 7.44. The van der Waals surface area contributed by atoms with Gasteiger partial charge in [-0.25, -0.2) is 9.97 Å². The summed E-state index contributed by atoms with van der Waals surface area (Å²) in [5.74, 6) is 0.390. The summed E-state index contributed by atoms with van der Waals surface area (Å²) in [6.07, 6.45) is 4.69. The largest absolute Gasteiger partial charge is 0.370 e. The first-order valence-corrected chi connectivity index (χ1v) is 13.8. The molecule has 1 N–H and O–H groups in total. The van der Waals surface area contributed by atoms with Crippen LogP contribution in [0.4, 0.5) is 0 Å². The van der Waals surface area contributed by atoms with Crippen molar-refractivity contribution in [2.45, 2.75) is 68.5 Å². The monoisotopic (exact) mass is 487 g/mol. The quantitative estimate of drug-likeness (QED) is 0.257. The van der Waals surface area contributed by atoms with Gasteiger partial charge >= 0.3 is 0 Å². The number of hydrogen-bond donors (Lipinski definition) is 1. The van der Waals surface area contributed by atoms with Crippen LogP contribution in [0.1, 0.15) is 43.2 Å². The molecule has 0 fully saturated rings. The third kappa shape index (κ3) is 5.65. The molecule has 5 nitrogen and oxygen atoms in total. The maximum absolute atomic E-state index is 12.7. The zero-order valence-corrected chi connectivity index (χ0v) is 21.4. The molecule has 4 rings (SSSR count). The van der Waals surface area contributed by atoms with Gasteiger partial charge in [-0.05, 0) is 51.0 Å². The Bertz CT molecular complexity index is 1100. The Morgan fingerprint density at radius 3 is 2.81 bits per heavy atom. The Morgan fingerprint density at radius 2 is 2.06 bits per heavy atom. The van der Waals surface area contributed by atoms with Crippen LogP contribution in [0.5, 0.6) is 0 Å². The highest BCUT2D eigenvalue weighted by Crippen LogP contribution is 2.42. The number of aryl methyl sites for hydroxylation is 1. The molecule has 3 aromatic rings. The van der Waals surface area contributed by atoms with E-state index in [1.807, 2.05) is 12.3 Å². The van der Waals surface area contributed by atoms with Crippen LogP contribution >= 0.6 is 34.9 Å². The SMILES string of the molecule is CSc1nc(SCC(=O)N[C@H](C)CCc2ccccc2)c2c3c(sc2n1)COC(C)(C)C3. The maximum Gasteiger partial charge on any atom is 0.230 e. The summed E-state index contributed by atoms with van der Waals surface area (Å²) < 4.78 is 6.00. The number of carbonyl (C=O) groups excluding carboxylic acids is 1. The molecule has 0 unspecified atom stereocenters. The van der Waals surface area contributed by atoms with E-state index < -0.39 is 0 Å². The fourth-order valence-corrected chi connectivity index (χ4v) is 6.35. The van der Waals surface area contributed by atoms with Crippen molar-refractivity contribution in [2.75, 3.05) is 12.0 Å². The summed E-state index contributed by atoms with van der Waals surface area (Å²) in [5.41, 5.74) is 2.38. The Morgan fingerprint density at radius 1 is 1.28 bits per heavy atom. The molecule has 0 radical (unpaired) electrons. The molecule has 1 amide bonds. The van der Waals surface area contributed by atoms with Gasteiger partial charge < -0.3 is 10.1 Å². The van der Waals surface area contributed by atoms with Crippen molar-refractivity contribution < 1.29 is 9.53 Å². The molecule has 0 spiro atoms. The highest BCUT2D eigenvalue weighted by Gasteiger charge is 2.31. The lowest BCUT2D eigenvalue weighted by Crippen LogP contribution is -2.34. The van der Waals surface area contributed by atoms with Crippen molar-refractivity contribution in [2.24, 2.45) is 0 Å². The molecule has 8 heteroatoms. The number of ether oxygens (including phenoxy) is 1. The van der Waals surface area contributed by atoms with Crippen LogP contribution < -0.4 is 5.32 Å².